The number of rotatable bonds is 9. The number of alkyl halides is 2. The first kappa shape index (κ1) is 29.6. The molecule has 2 fully saturated rings. The smallest absolute Gasteiger partial charge is 0.387 e. The number of hydrogen-bond acceptors (Lipinski definition) is 8. The Labute approximate surface area is 260 Å². The molecule has 0 amide bonds. The molecule has 7 rings (SSSR count). The number of nitrogens with zero attached hydrogens (tertiary/aromatic N) is 7. The molecule has 1 saturated heterocycles. The first-order valence-electron chi connectivity index (χ1n) is 15.7. The van der Waals surface area contributed by atoms with Gasteiger partial charge in [-0.3, -0.25) is 9.80 Å². The molecule has 0 radical (unpaired) electrons. The average molecular weight is 617 g/mol. The summed E-state index contributed by atoms with van der Waals surface area (Å²) in [6.07, 6.45) is 7.70. The number of piperazine rings is 1. The van der Waals surface area contributed by atoms with Crippen molar-refractivity contribution in [1.29, 1.82) is 0 Å². The van der Waals surface area contributed by atoms with E-state index in [2.05, 4.69) is 30.5 Å². The summed E-state index contributed by atoms with van der Waals surface area (Å²) in [5.74, 6) is 0.581. The number of para-hydroxylation sites is 1. The van der Waals surface area contributed by atoms with Gasteiger partial charge in [0.25, 0.3) is 0 Å². The van der Waals surface area contributed by atoms with Crippen LogP contribution in [0.1, 0.15) is 37.3 Å². The van der Waals surface area contributed by atoms with Crippen LogP contribution in [0.5, 0.6) is 5.75 Å². The quantitative estimate of drug-likeness (QED) is 0.244. The SMILES string of the molecule is Nc1ncnc2c1c(-c1ccc3c(ccn3Cc3ccccc3OC(F)F)c1)nn2C1CCC(N2CCN(CCO)CC2)CC1. The molecule has 1 aliphatic carbocycles. The topological polar surface area (TPSA) is 110 Å². The summed E-state index contributed by atoms with van der Waals surface area (Å²) >= 11 is 0. The highest BCUT2D eigenvalue weighted by molar-refractivity contribution is 6.00. The van der Waals surface area contributed by atoms with Crippen molar-refractivity contribution in [2.45, 2.75) is 50.9 Å². The molecular weight excluding hydrogens is 578 g/mol. The van der Waals surface area contributed by atoms with Crippen LogP contribution in [0.25, 0.3) is 33.2 Å². The van der Waals surface area contributed by atoms with Crippen molar-refractivity contribution < 1.29 is 18.6 Å². The van der Waals surface area contributed by atoms with Gasteiger partial charge in [-0.05, 0) is 49.9 Å². The number of hydrogen-bond donors (Lipinski definition) is 2. The third kappa shape index (κ3) is 5.97. The fourth-order valence-corrected chi connectivity index (χ4v) is 7.13. The highest BCUT2D eigenvalue weighted by atomic mass is 19.3. The van der Waals surface area contributed by atoms with Gasteiger partial charge in [0.05, 0.1) is 24.6 Å². The van der Waals surface area contributed by atoms with Gasteiger partial charge in [0.1, 0.15) is 23.6 Å². The lowest BCUT2D eigenvalue weighted by Gasteiger charge is -2.41. The van der Waals surface area contributed by atoms with Gasteiger partial charge in [-0.1, -0.05) is 24.3 Å². The van der Waals surface area contributed by atoms with E-state index in [1.807, 2.05) is 35.0 Å². The summed E-state index contributed by atoms with van der Waals surface area (Å²) in [5, 5.41) is 16.1. The Bertz CT molecular complexity index is 1770. The fraction of sp³-hybridized carbons (Fsp3) is 0.424. The van der Waals surface area contributed by atoms with E-state index in [1.54, 1.807) is 18.2 Å². The normalized spacial score (nSPS) is 20.0. The van der Waals surface area contributed by atoms with Crippen LogP contribution in [0.2, 0.25) is 0 Å². The first-order valence-corrected chi connectivity index (χ1v) is 15.7. The fourth-order valence-electron chi connectivity index (χ4n) is 7.13. The summed E-state index contributed by atoms with van der Waals surface area (Å²) in [6.45, 7) is 2.61. The van der Waals surface area contributed by atoms with Crippen LogP contribution in [-0.2, 0) is 6.54 Å². The van der Waals surface area contributed by atoms with Crippen LogP contribution in [0.4, 0.5) is 14.6 Å². The Kier molecular flexibility index (Phi) is 8.35. The lowest BCUT2D eigenvalue weighted by molar-refractivity contribution is -0.0504. The summed E-state index contributed by atoms with van der Waals surface area (Å²) < 4.78 is 34.7. The van der Waals surface area contributed by atoms with Crippen molar-refractivity contribution in [2.24, 2.45) is 0 Å². The lowest BCUT2D eigenvalue weighted by atomic mass is 9.90. The number of ether oxygens (including phenoxy) is 1. The maximum Gasteiger partial charge on any atom is 0.387 e. The van der Waals surface area contributed by atoms with Crippen LogP contribution in [0.15, 0.2) is 61.1 Å². The number of fused-ring (bicyclic) bond motifs is 2. The number of aromatic nitrogens is 5. The van der Waals surface area contributed by atoms with Gasteiger partial charge in [-0.2, -0.15) is 13.9 Å². The van der Waals surface area contributed by atoms with Gasteiger partial charge in [0, 0.05) is 67.0 Å². The molecule has 236 valence electrons. The van der Waals surface area contributed by atoms with Gasteiger partial charge in [-0.15, -0.1) is 0 Å². The molecule has 0 atom stereocenters. The van der Waals surface area contributed by atoms with Crippen LogP contribution in [0, 0.1) is 0 Å². The standard InChI is InChI=1S/C33H38F2N8O2/c34-33(35)45-28-4-2-1-3-24(28)20-42-12-11-22-19-23(5-10-27(22)42)30-29-31(36)37-21-38-32(29)43(39-30)26-8-6-25(7-9-26)41-15-13-40(14-16-41)17-18-44/h1-5,10-12,19,21,25-26,33,44H,6-9,13-18,20H2,(H2,36,37,38). The molecule has 5 aromatic rings. The predicted molar refractivity (Wildman–Crippen MR) is 169 cm³/mol. The zero-order valence-electron chi connectivity index (χ0n) is 25.1. The van der Waals surface area contributed by atoms with Crippen molar-refractivity contribution in [3.63, 3.8) is 0 Å². The molecule has 3 aromatic heterocycles. The Balaban J connectivity index is 1.12. The molecule has 4 heterocycles. The van der Waals surface area contributed by atoms with E-state index in [4.69, 9.17) is 15.6 Å². The van der Waals surface area contributed by atoms with Crippen molar-refractivity contribution in [2.75, 3.05) is 45.1 Å². The second-order valence-electron chi connectivity index (χ2n) is 12.0. The van der Waals surface area contributed by atoms with Gasteiger partial charge in [-0.25, -0.2) is 14.6 Å². The molecular formula is C33H38F2N8O2. The third-order valence-corrected chi connectivity index (χ3v) is 9.44. The molecule has 2 aromatic carbocycles. The van der Waals surface area contributed by atoms with Gasteiger partial charge in [0.2, 0.25) is 0 Å². The van der Waals surface area contributed by atoms with E-state index in [1.165, 1.54) is 6.33 Å². The summed E-state index contributed by atoms with van der Waals surface area (Å²) in [4.78, 5) is 13.9. The van der Waals surface area contributed by atoms with Crippen LogP contribution in [-0.4, -0.2) is 91.2 Å². The van der Waals surface area contributed by atoms with E-state index >= 15 is 0 Å². The maximum absolute atomic E-state index is 13.0. The summed E-state index contributed by atoms with van der Waals surface area (Å²) in [6, 6.07) is 15.8. The highest BCUT2D eigenvalue weighted by Gasteiger charge is 2.31. The van der Waals surface area contributed by atoms with Crippen LogP contribution < -0.4 is 10.5 Å². The number of nitrogens with two attached hydrogens (primary N) is 1. The zero-order valence-corrected chi connectivity index (χ0v) is 25.1. The van der Waals surface area contributed by atoms with E-state index < -0.39 is 6.61 Å². The minimum Gasteiger partial charge on any atom is -0.434 e. The number of β-amino-alcohol motifs (C(OH)–C–C–N with tert-alkyl or cyclic N) is 1. The monoisotopic (exact) mass is 616 g/mol. The number of benzene rings is 2. The minimum absolute atomic E-state index is 0.174. The maximum atomic E-state index is 13.0. The van der Waals surface area contributed by atoms with E-state index in [0.29, 0.717) is 24.0 Å². The minimum atomic E-state index is -2.88. The molecule has 0 bridgehead atoms. The van der Waals surface area contributed by atoms with Crippen LogP contribution >= 0.6 is 0 Å². The van der Waals surface area contributed by atoms with E-state index in [-0.39, 0.29) is 18.4 Å². The summed E-state index contributed by atoms with van der Waals surface area (Å²) in [5.41, 5.74) is 10.5. The molecule has 10 nitrogen and oxygen atoms in total. The molecule has 1 saturated carbocycles. The number of aliphatic hydroxyl groups excluding tert-OH is 1. The van der Waals surface area contributed by atoms with Gasteiger partial charge in [0.15, 0.2) is 5.65 Å². The highest BCUT2D eigenvalue weighted by Crippen LogP contribution is 2.38. The second kappa shape index (κ2) is 12.7. The third-order valence-electron chi connectivity index (χ3n) is 9.44. The van der Waals surface area contributed by atoms with Gasteiger partial charge >= 0.3 is 6.61 Å². The number of nitrogen functional groups attached to an aromatic ring is 1. The molecule has 0 spiro atoms. The molecule has 3 N–H and O–H groups in total. The van der Waals surface area contributed by atoms with E-state index in [0.717, 1.165) is 91.6 Å². The Morgan fingerprint density at radius 2 is 1.73 bits per heavy atom. The number of halogens is 2. The van der Waals surface area contributed by atoms with Crippen molar-refractivity contribution >= 4 is 27.8 Å². The Morgan fingerprint density at radius 1 is 0.956 bits per heavy atom. The average Bonchev–Trinajstić information content (AvgIpc) is 3.64. The Morgan fingerprint density at radius 3 is 2.51 bits per heavy atom. The van der Waals surface area contributed by atoms with E-state index in [9.17, 15) is 13.9 Å². The summed E-state index contributed by atoms with van der Waals surface area (Å²) in [7, 11) is 0. The first-order chi connectivity index (χ1) is 22.0. The molecule has 45 heavy (non-hydrogen) atoms. The predicted octanol–water partition coefficient (Wildman–Crippen LogP) is 4.77. The zero-order chi connectivity index (χ0) is 30.9. The molecule has 12 heteroatoms. The van der Waals surface area contributed by atoms with Gasteiger partial charge < -0.3 is 20.1 Å². The van der Waals surface area contributed by atoms with Crippen molar-refractivity contribution in [3.05, 3.63) is 66.6 Å². The molecule has 1 aliphatic heterocycles. The molecule has 2 aliphatic rings. The van der Waals surface area contributed by atoms with Crippen molar-refractivity contribution in [1.82, 2.24) is 34.1 Å². The lowest BCUT2D eigenvalue weighted by Crippen LogP contribution is -2.51. The van der Waals surface area contributed by atoms with Crippen molar-refractivity contribution in [3.8, 4) is 17.0 Å². The largest absolute Gasteiger partial charge is 0.434 e. The molecule has 0 unspecified atom stereocenters. The number of anilines is 1. The Hall–Kier alpha value is -4.13. The van der Waals surface area contributed by atoms with Crippen LogP contribution in [0.3, 0.4) is 0 Å². The number of aliphatic hydroxyl groups is 1. The second-order valence-corrected chi connectivity index (χ2v) is 12.0.